The zero-order valence-corrected chi connectivity index (χ0v) is 9.38. The van der Waals surface area contributed by atoms with Crippen molar-refractivity contribution in [1.82, 2.24) is 15.0 Å². The van der Waals surface area contributed by atoms with E-state index in [2.05, 4.69) is 28.8 Å². The number of hydrogen-bond donors (Lipinski definition) is 1. The summed E-state index contributed by atoms with van der Waals surface area (Å²) in [6, 6.07) is 3.86. The van der Waals surface area contributed by atoms with Gasteiger partial charge in [-0.1, -0.05) is 13.8 Å². The lowest BCUT2D eigenvalue weighted by atomic mass is 9.98. The summed E-state index contributed by atoms with van der Waals surface area (Å²) in [4.78, 5) is 12.4. The average molecular weight is 214 g/mol. The van der Waals surface area contributed by atoms with E-state index < -0.39 is 0 Å². The molecule has 4 heteroatoms. The third-order valence-electron chi connectivity index (χ3n) is 2.43. The fraction of sp³-hybridized carbons (Fsp3) is 0.250. The van der Waals surface area contributed by atoms with Gasteiger partial charge >= 0.3 is 0 Å². The van der Waals surface area contributed by atoms with Crippen molar-refractivity contribution in [3.05, 3.63) is 36.4 Å². The second-order valence-corrected chi connectivity index (χ2v) is 3.92. The van der Waals surface area contributed by atoms with Crippen molar-refractivity contribution in [3.8, 4) is 11.3 Å². The summed E-state index contributed by atoms with van der Waals surface area (Å²) >= 11 is 0. The van der Waals surface area contributed by atoms with Gasteiger partial charge in [-0.25, -0.2) is 9.97 Å². The molecule has 0 saturated heterocycles. The Morgan fingerprint density at radius 3 is 2.69 bits per heavy atom. The van der Waals surface area contributed by atoms with Crippen LogP contribution >= 0.6 is 0 Å². The molecule has 2 aromatic heterocycles. The van der Waals surface area contributed by atoms with Crippen molar-refractivity contribution >= 4 is 5.82 Å². The van der Waals surface area contributed by atoms with Gasteiger partial charge in [0, 0.05) is 23.5 Å². The van der Waals surface area contributed by atoms with Crippen molar-refractivity contribution < 1.29 is 0 Å². The fourth-order valence-electron chi connectivity index (χ4n) is 1.71. The molecule has 82 valence electrons. The summed E-state index contributed by atoms with van der Waals surface area (Å²) in [6.07, 6.45) is 5.01. The molecule has 0 aromatic carbocycles. The van der Waals surface area contributed by atoms with Gasteiger partial charge in [0.25, 0.3) is 0 Å². The molecule has 2 heterocycles. The van der Waals surface area contributed by atoms with Crippen LogP contribution in [0.3, 0.4) is 0 Å². The minimum absolute atomic E-state index is 0.288. The van der Waals surface area contributed by atoms with Crippen molar-refractivity contribution in [2.24, 2.45) is 0 Å². The lowest BCUT2D eigenvalue weighted by Gasteiger charge is -2.13. The van der Waals surface area contributed by atoms with Gasteiger partial charge in [0.1, 0.15) is 12.1 Å². The summed E-state index contributed by atoms with van der Waals surface area (Å²) in [5, 5.41) is 0. The van der Waals surface area contributed by atoms with E-state index in [1.807, 2.05) is 12.1 Å². The Morgan fingerprint density at radius 2 is 2.06 bits per heavy atom. The summed E-state index contributed by atoms with van der Waals surface area (Å²) < 4.78 is 0. The number of rotatable bonds is 2. The highest BCUT2D eigenvalue weighted by Gasteiger charge is 2.14. The number of anilines is 1. The maximum absolute atomic E-state index is 5.89. The maximum atomic E-state index is 5.89. The molecule has 0 fully saturated rings. The standard InChI is InChI=1S/C12H14N4/c1-8(2)10-11(15-7-16-12(10)13)9-4-3-5-14-6-9/h3-8H,1-2H3,(H2,13,15,16). The van der Waals surface area contributed by atoms with E-state index >= 15 is 0 Å². The molecule has 2 N–H and O–H groups in total. The number of aromatic nitrogens is 3. The van der Waals surface area contributed by atoms with Crippen LogP contribution in [0, 0.1) is 0 Å². The maximum Gasteiger partial charge on any atom is 0.130 e. The Hall–Kier alpha value is -1.97. The molecule has 0 unspecified atom stereocenters. The van der Waals surface area contributed by atoms with Crippen LogP contribution in [-0.2, 0) is 0 Å². The Bertz CT molecular complexity index is 480. The Balaban J connectivity index is 2.61. The van der Waals surface area contributed by atoms with Gasteiger partial charge in [-0.2, -0.15) is 0 Å². The van der Waals surface area contributed by atoms with Crippen LogP contribution in [0.2, 0.25) is 0 Å². The van der Waals surface area contributed by atoms with E-state index in [1.54, 1.807) is 12.4 Å². The van der Waals surface area contributed by atoms with Crippen molar-refractivity contribution in [2.75, 3.05) is 5.73 Å². The molecule has 2 aromatic rings. The molecular formula is C12H14N4. The van der Waals surface area contributed by atoms with E-state index in [1.165, 1.54) is 6.33 Å². The lowest BCUT2D eigenvalue weighted by Crippen LogP contribution is -2.04. The molecule has 0 saturated carbocycles. The molecule has 0 radical (unpaired) electrons. The second-order valence-electron chi connectivity index (χ2n) is 3.92. The topological polar surface area (TPSA) is 64.7 Å². The van der Waals surface area contributed by atoms with Gasteiger partial charge in [0.15, 0.2) is 0 Å². The van der Waals surface area contributed by atoms with Gasteiger partial charge in [-0.05, 0) is 18.1 Å². The Kier molecular flexibility index (Phi) is 2.81. The minimum Gasteiger partial charge on any atom is -0.383 e. The SMILES string of the molecule is CC(C)c1c(N)ncnc1-c1cccnc1. The highest BCUT2D eigenvalue weighted by Crippen LogP contribution is 2.29. The summed E-state index contributed by atoms with van der Waals surface area (Å²) in [5.74, 6) is 0.834. The molecule has 0 bridgehead atoms. The second kappa shape index (κ2) is 4.26. The van der Waals surface area contributed by atoms with E-state index in [-0.39, 0.29) is 5.92 Å². The number of nitrogens with zero attached hydrogens (tertiary/aromatic N) is 3. The molecule has 0 aliphatic carbocycles. The zero-order chi connectivity index (χ0) is 11.5. The highest BCUT2D eigenvalue weighted by atomic mass is 14.9. The van der Waals surface area contributed by atoms with Crippen LogP contribution < -0.4 is 5.73 Å². The lowest BCUT2D eigenvalue weighted by molar-refractivity contribution is 0.854. The third kappa shape index (κ3) is 1.86. The van der Waals surface area contributed by atoms with Crippen LogP contribution in [0.4, 0.5) is 5.82 Å². The predicted molar refractivity (Wildman–Crippen MR) is 63.8 cm³/mol. The van der Waals surface area contributed by atoms with Gasteiger partial charge in [-0.3, -0.25) is 4.98 Å². The number of nitrogen functional groups attached to an aromatic ring is 1. The first-order chi connectivity index (χ1) is 7.70. The fourth-order valence-corrected chi connectivity index (χ4v) is 1.71. The third-order valence-corrected chi connectivity index (χ3v) is 2.43. The predicted octanol–water partition coefficient (Wildman–Crippen LogP) is 2.24. The van der Waals surface area contributed by atoms with E-state index in [0.717, 1.165) is 16.8 Å². The van der Waals surface area contributed by atoms with E-state index in [0.29, 0.717) is 5.82 Å². The molecule has 16 heavy (non-hydrogen) atoms. The first-order valence-corrected chi connectivity index (χ1v) is 5.21. The monoisotopic (exact) mass is 214 g/mol. The Morgan fingerprint density at radius 1 is 1.25 bits per heavy atom. The summed E-state index contributed by atoms with van der Waals surface area (Å²) in [6.45, 7) is 4.16. The first kappa shape index (κ1) is 10.5. The van der Waals surface area contributed by atoms with Crippen LogP contribution in [0.1, 0.15) is 25.3 Å². The molecule has 0 amide bonds. The van der Waals surface area contributed by atoms with Crippen molar-refractivity contribution in [1.29, 1.82) is 0 Å². The average Bonchev–Trinajstić information content (AvgIpc) is 2.29. The van der Waals surface area contributed by atoms with Crippen LogP contribution in [-0.4, -0.2) is 15.0 Å². The van der Waals surface area contributed by atoms with Gasteiger partial charge < -0.3 is 5.73 Å². The van der Waals surface area contributed by atoms with E-state index in [9.17, 15) is 0 Å². The molecular weight excluding hydrogens is 200 g/mol. The summed E-state index contributed by atoms with van der Waals surface area (Å²) in [7, 11) is 0. The van der Waals surface area contributed by atoms with Gasteiger partial charge in [-0.15, -0.1) is 0 Å². The number of pyridine rings is 1. The largest absolute Gasteiger partial charge is 0.383 e. The van der Waals surface area contributed by atoms with Crippen LogP contribution in [0.15, 0.2) is 30.9 Å². The van der Waals surface area contributed by atoms with E-state index in [4.69, 9.17) is 5.73 Å². The van der Waals surface area contributed by atoms with Crippen molar-refractivity contribution in [2.45, 2.75) is 19.8 Å². The number of nitrogens with two attached hydrogens (primary N) is 1. The molecule has 0 aliphatic rings. The Labute approximate surface area is 94.6 Å². The highest BCUT2D eigenvalue weighted by molar-refractivity contribution is 5.67. The number of hydrogen-bond acceptors (Lipinski definition) is 4. The van der Waals surface area contributed by atoms with Crippen LogP contribution in [0.25, 0.3) is 11.3 Å². The van der Waals surface area contributed by atoms with Crippen molar-refractivity contribution in [3.63, 3.8) is 0 Å². The minimum atomic E-state index is 0.288. The first-order valence-electron chi connectivity index (χ1n) is 5.21. The van der Waals surface area contributed by atoms with Gasteiger partial charge in [0.05, 0.1) is 5.69 Å². The van der Waals surface area contributed by atoms with Gasteiger partial charge in [0.2, 0.25) is 0 Å². The quantitative estimate of drug-likeness (QED) is 0.832. The molecule has 0 spiro atoms. The summed E-state index contributed by atoms with van der Waals surface area (Å²) in [5.41, 5.74) is 8.71. The molecule has 0 atom stereocenters. The molecule has 2 rings (SSSR count). The zero-order valence-electron chi connectivity index (χ0n) is 9.38. The molecule has 0 aliphatic heterocycles. The normalized spacial score (nSPS) is 10.7. The van der Waals surface area contributed by atoms with Crippen LogP contribution in [0.5, 0.6) is 0 Å². The smallest absolute Gasteiger partial charge is 0.130 e. The molecule has 4 nitrogen and oxygen atoms in total.